The van der Waals surface area contributed by atoms with E-state index in [2.05, 4.69) is 13.2 Å². The summed E-state index contributed by atoms with van der Waals surface area (Å²) in [6.45, 7) is 6.88. The van der Waals surface area contributed by atoms with Crippen molar-refractivity contribution in [3.05, 3.63) is 55.1 Å². The molecular formula is C15H18O4. The van der Waals surface area contributed by atoms with E-state index in [-0.39, 0.29) is 13.2 Å². The third-order valence-corrected chi connectivity index (χ3v) is 2.35. The second kappa shape index (κ2) is 8.11. The van der Waals surface area contributed by atoms with Gasteiger partial charge in [-0.2, -0.15) is 0 Å². The highest BCUT2D eigenvalue weighted by molar-refractivity contribution is 5.81. The molecule has 0 saturated carbocycles. The van der Waals surface area contributed by atoms with Crippen LogP contribution in [-0.4, -0.2) is 30.4 Å². The summed E-state index contributed by atoms with van der Waals surface area (Å²) in [4.78, 5) is 10.8. The molecular weight excluding hydrogens is 244 g/mol. The molecule has 1 aromatic rings. The van der Waals surface area contributed by atoms with Gasteiger partial charge in [-0.3, -0.25) is 0 Å². The molecule has 0 aliphatic heterocycles. The summed E-state index contributed by atoms with van der Waals surface area (Å²) in [5, 5.41) is 9.62. The molecule has 1 atom stereocenters. The Kier molecular flexibility index (Phi) is 6.39. The number of carbonyl (C=O) groups is 1. The zero-order valence-corrected chi connectivity index (χ0v) is 10.7. The molecule has 1 unspecified atom stereocenters. The van der Waals surface area contributed by atoms with E-state index < -0.39 is 12.1 Å². The highest BCUT2D eigenvalue weighted by Crippen LogP contribution is 2.18. The number of aliphatic hydroxyl groups excluding tert-OH is 1. The maximum absolute atomic E-state index is 10.8. The SMILES string of the molecule is C=CCc1ccccc1OCC(O)COC(=O)C=C. The summed E-state index contributed by atoms with van der Waals surface area (Å²) in [6.07, 6.45) is 2.65. The summed E-state index contributed by atoms with van der Waals surface area (Å²) in [6, 6.07) is 7.52. The van der Waals surface area contributed by atoms with Crippen LogP contribution in [0.4, 0.5) is 0 Å². The molecule has 4 nitrogen and oxygen atoms in total. The summed E-state index contributed by atoms with van der Waals surface area (Å²) in [5.74, 6) is 0.127. The Bertz CT molecular complexity index is 440. The Morgan fingerprint density at radius 1 is 1.32 bits per heavy atom. The van der Waals surface area contributed by atoms with Gasteiger partial charge in [-0.15, -0.1) is 6.58 Å². The van der Waals surface area contributed by atoms with Crippen LogP contribution in [0.3, 0.4) is 0 Å². The van der Waals surface area contributed by atoms with Gasteiger partial charge in [0.2, 0.25) is 0 Å². The van der Waals surface area contributed by atoms with Crippen molar-refractivity contribution >= 4 is 5.97 Å². The van der Waals surface area contributed by atoms with Crippen LogP contribution >= 0.6 is 0 Å². The van der Waals surface area contributed by atoms with Crippen molar-refractivity contribution in [2.45, 2.75) is 12.5 Å². The largest absolute Gasteiger partial charge is 0.490 e. The van der Waals surface area contributed by atoms with Gasteiger partial charge in [0.05, 0.1) is 0 Å². The molecule has 1 aromatic carbocycles. The van der Waals surface area contributed by atoms with Crippen LogP contribution in [0.1, 0.15) is 5.56 Å². The highest BCUT2D eigenvalue weighted by Gasteiger charge is 2.09. The van der Waals surface area contributed by atoms with Crippen molar-refractivity contribution in [3.8, 4) is 5.75 Å². The molecule has 0 fully saturated rings. The number of benzene rings is 1. The molecule has 0 saturated heterocycles. The van der Waals surface area contributed by atoms with E-state index >= 15 is 0 Å². The zero-order valence-electron chi connectivity index (χ0n) is 10.7. The van der Waals surface area contributed by atoms with Crippen molar-refractivity contribution in [2.75, 3.05) is 13.2 Å². The lowest BCUT2D eigenvalue weighted by molar-refractivity contribution is -0.141. The second-order valence-electron chi connectivity index (χ2n) is 3.90. The van der Waals surface area contributed by atoms with Crippen molar-refractivity contribution in [1.82, 2.24) is 0 Å². The highest BCUT2D eigenvalue weighted by atomic mass is 16.5. The van der Waals surface area contributed by atoms with E-state index in [1.165, 1.54) is 0 Å². The lowest BCUT2D eigenvalue weighted by Gasteiger charge is -2.14. The number of rotatable bonds is 8. The summed E-state index contributed by atoms with van der Waals surface area (Å²) in [7, 11) is 0. The monoisotopic (exact) mass is 262 g/mol. The van der Waals surface area contributed by atoms with E-state index in [0.29, 0.717) is 12.2 Å². The van der Waals surface area contributed by atoms with Crippen LogP contribution in [0.2, 0.25) is 0 Å². The van der Waals surface area contributed by atoms with Gasteiger partial charge in [0, 0.05) is 6.08 Å². The molecule has 4 heteroatoms. The lowest BCUT2D eigenvalue weighted by Crippen LogP contribution is -2.25. The topological polar surface area (TPSA) is 55.8 Å². The van der Waals surface area contributed by atoms with Gasteiger partial charge >= 0.3 is 5.97 Å². The minimum absolute atomic E-state index is 0.0541. The van der Waals surface area contributed by atoms with E-state index in [9.17, 15) is 9.90 Å². The van der Waals surface area contributed by atoms with Gasteiger partial charge in [-0.25, -0.2) is 4.79 Å². The van der Waals surface area contributed by atoms with Gasteiger partial charge in [-0.05, 0) is 18.1 Å². The maximum Gasteiger partial charge on any atom is 0.330 e. The van der Waals surface area contributed by atoms with Crippen molar-refractivity contribution in [1.29, 1.82) is 0 Å². The zero-order chi connectivity index (χ0) is 14.1. The molecule has 1 N–H and O–H groups in total. The number of ether oxygens (including phenoxy) is 2. The number of hydrogen-bond donors (Lipinski definition) is 1. The molecule has 0 radical (unpaired) electrons. The lowest BCUT2D eigenvalue weighted by atomic mass is 10.1. The molecule has 0 bridgehead atoms. The molecule has 0 aliphatic carbocycles. The van der Waals surface area contributed by atoms with Crippen molar-refractivity contribution in [2.24, 2.45) is 0 Å². The minimum atomic E-state index is -0.874. The Morgan fingerprint density at radius 2 is 2.05 bits per heavy atom. The maximum atomic E-state index is 10.8. The number of esters is 1. The standard InChI is InChI=1S/C15H18O4/c1-3-7-12-8-5-6-9-14(12)18-10-13(16)11-19-15(17)4-2/h3-6,8-9,13,16H,1-2,7,10-11H2. The van der Waals surface area contributed by atoms with Crippen molar-refractivity contribution < 1.29 is 19.4 Å². The third-order valence-electron chi connectivity index (χ3n) is 2.35. The van der Waals surface area contributed by atoms with Gasteiger partial charge in [0.25, 0.3) is 0 Å². The van der Waals surface area contributed by atoms with E-state index in [1.807, 2.05) is 24.3 Å². The molecule has 0 aromatic heterocycles. The number of carbonyl (C=O) groups excluding carboxylic acids is 1. The quantitative estimate of drug-likeness (QED) is 0.441. The fourth-order valence-corrected chi connectivity index (χ4v) is 1.44. The number of para-hydroxylation sites is 1. The Labute approximate surface area is 113 Å². The molecule has 19 heavy (non-hydrogen) atoms. The Morgan fingerprint density at radius 3 is 2.74 bits per heavy atom. The fraction of sp³-hybridized carbons (Fsp3) is 0.267. The van der Waals surface area contributed by atoms with Crippen LogP contribution in [0.15, 0.2) is 49.6 Å². The first-order valence-corrected chi connectivity index (χ1v) is 5.96. The van der Waals surface area contributed by atoms with Gasteiger partial charge in [0.15, 0.2) is 0 Å². The second-order valence-corrected chi connectivity index (χ2v) is 3.90. The molecule has 0 amide bonds. The van der Waals surface area contributed by atoms with Crippen LogP contribution in [0.5, 0.6) is 5.75 Å². The smallest absolute Gasteiger partial charge is 0.330 e. The minimum Gasteiger partial charge on any atom is -0.490 e. The first-order valence-electron chi connectivity index (χ1n) is 5.96. The van der Waals surface area contributed by atoms with Crippen LogP contribution in [0.25, 0.3) is 0 Å². The predicted molar refractivity (Wildman–Crippen MR) is 73.0 cm³/mol. The van der Waals surface area contributed by atoms with Crippen molar-refractivity contribution in [3.63, 3.8) is 0 Å². The molecule has 0 aliphatic rings. The average Bonchev–Trinajstić information content (AvgIpc) is 2.44. The average molecular weight is 262 g/mol. The Balaban J connectivity index is 2.45. The van der Waals surface area contributed by atoms with Gasteiger partial charge in [-0.1, -0.05) is 30.9 Å². The summed E-state index contributed by atoms with van der Waals surface area (Å²) < 4.78 is 10.2. The van der Waals surface area contributed by atoms with Crippen LogP contribution < -0.4 is 4.74 Å². The third kappa shape index (κ3) is 5.40. The molecule has 0 heterocycles. The van der Waals surface area contributed by atoms with Gasteiger partial charge in [0.1, 0.15) is 25.1 Å². The number of aliphatic hydroxyl groups is 1. The van der Waals surface area contributed by atoms with E-state index in [0.717, 1.165) is 11.6 Å². The summed E-state index contributed by atoms with van der Waals surface area (Å²) >= 11 is 0. The predicted octanol–water partition coefficient (Wildman–Crippen LogP) is 1.88. The van der Waals surface area contributed by atoms with Crippen LogP contribution in [-0.2, 0) is 16.0 Å². The van der Waals surface area contributed by atoms with E-state index in [4.69, 9.17) is 9.47 Å². The number of hydrogen-bond acceptors (Lipinski definition) is 4. The van der Waals surface area contributed by atoms with E-state index in [1.54, 1.807) is 6.08 Å². The summed E-state index contributed by atoms with van der Waals surface area (Å²) in [5.41, 5.74) is 0.993. The molecule has 0 spiro atoms. The molecule has 1 rings (SSSR count). The van der Waals surface area contributed by atoms with Crippen LogP contribution in [0, 0.1) is 0 Å². The molecule has 102 valence electrons. The normalized spacial score (nSPS) is 11.4. The fourth-order valence-electron chi connectivity index (χ4n) is 1.44. The van der Waals surface area contributed by atoms with Gasteiger partial charge < -0.3 is 14.6 Å². The first-order chi connectivity index (χ1) is 9.17. The Hall–Kier alpha value is -2.07. The number of allylic oxidation sites excluding steroid dienone is 1. The first kappa shape index (κ1) is 15.0.